The molecule has 0 fully saturated rings. The lowest BCUT2D eigenvalue weighted by atomic mass is 10.2. The van der Waals surface area contributed by atoms with Gasteiger partial charge in [-0.1, -0.05) is 12.8 Å². The van der Waals surface area contributed by atoms with Gasteiger partial charge < -0.3 is 48.3 Å². The Morgan fingerprint density at radius 1 is 0.514 bits per heavy atom. The SMILES string of the molecule is O=C(O)COCC(=O)NCCOCCOCCOCCOCCOCCOCCOCCCCCCCl. The van der Waals surface area contributed by atoms with Crippen LogP contribution in [0.25, 0.3) is 0 Å². The summed E-state index contributed by atoms with van der Waals surface area (Å²) in [5, 5.41) is 10.9. The molecule has 12 nitrogen and oxygen atoms in total. The fraction of sp³-hybridized carbons (Fsp3) is 0.917. The number of unbranched alkanes of at least 4 members (excludes halogenated alkanes) is 3. The van der Waals surface area contributed by atoms with Crippen LogP contribution < -0.4 is 5.32 Å². The number of ether oxygens (including phenoxy) is 8. The molecule has 0 aliphatic rings. The minimum atomic E-state index is -1.12. The monoisotopic (exact) mass is 559 g/mol. The van der Waals surface area contributed by atoms with E-state index >= 15 is 0 Å². The van der Waals surface area contributed by atoms with Crippen LogP contribution in [0.2, 0.25) is 0 Å². The van der Waals surface area contributed by atoms with Gasteiger partial charge in [-0.3, -0.25) is 4.79 Å². The fourth-order valence-corrected chi connectivity index (χ4v) is 2.81. The second-order valence-corrected chi connectivity index (χ2v) is 8.00. The van der Waals surface area contributed by atoms with E-state index in [0.717, 1.165) is 38.2 Å². The van der Waals surface area contributed by atoms with E-state index < -0.39 is 18.5 Å². The predicted octanol–water partition coefficient (Wildman–Crippen LogP) is 1.12. The molecule has 0 aromatic carbocycles. The van der Waals surface area contributed by atoms with Crippen LogP contribution in [0.4, 0.5) is 0 Å². The lowest BCUT2D eigenvalue weighted by molar-refractivity contribution is -0.143. The Morgan fingerprint density at radius 3 is 1.35 bits per heavy atom. The van der Waals surface area contributed by atoms with Crippen LogP contribution in [0.5, 0.6) is 0 Å². The molecule has 2 N–H and O–H groups in total. The Bertz CT molecular complexity index is 503. The number of nitrogens with one attached hydrogen (secondary N) is 1. The summed E-state index contributed by atoms with van der Waals surface area (Å²) in [7, 11) is 0. The number of hydrogen-bond acceptors (Lipinski definition) is 10. The van der Waals surface area contributed by atoms with Crippen molar-refractivity contribution >= 4 is 23.5 Å². The van der Waals surface area contributed by atoms with Crippen LogP contribution in [-0.4, -0.2) is 135 Å². The molecule has 0 saturated carbocycles. The summed E-state index contributed by atoms with van der Waals surface area (Å²) in [6.07, 6.45) is 4.46. The largest absolute Gasteiger partial charge is 0.480 e. The molecule has 0 aromatic heterocycles. The second kappa shape index (κ2) is 31.1. The minimum Gasteiger partial charge on any atom is -0.480 e. The maximum Gasteiger partial charge on any atom is 0.329 e. The number of carboxylic acids is 1. The Balaban J connectivity index is 3.08. The van der Waals surface area contributed by atoms with E-state index in [2.05, 4.69) is 10.1 Å². The average molecular weight is 560 g/mol. The van der Waals surface area contributed by atoms with E-state index in [0.29, 0.717) is 92.4 Å². The fourth-order valence-electron chi connectivity index (χ4n) is 2.62. The zero-order valence-corrected chi connectivity index (χ0v) is 22.7. The van der Waals surface area contributed by atoms with Gasteiger partial charge in [0, 0.05) is 19.0 Å². The number of amides is 1. The summed E-state index contributed by atoms with van der Waals surface area (Å²) in [5.74, 6) is -0.775. The zero-order chi connectivity index (χ0) is 27.1. The van der Waals surface area contributed by atoms with Crippen LogP contribution in [0.3, 0.4) is 0 Å². The minimum absolute atomic E-state index is 0.294. The number of aliphatic carboxylic acids is 1. The molecule has 13 heteroatoms. The maximum atomic E-state index is 11.3. The third-order valence-electron chi connectivity index (χ3n) is 4.43. The number of carboxylic acid groups (broad SMARTS) is 1. The third kappa shape index (κ3) is 32.9. The summed E-state index contributed by atoms with van der Waals surface area (Å²) < 4.78 is 42.6. The van der Waals surface area contributed by atoms with Gasteiger partial charge in [0.1, 0.15) is 13.2 Å². The summed E-state index contributed by atoms with van der Waals surface area (Å²) in [6.45, 7) is 6.53. The smallest absolute Gasteiger partial charge is 0.329 e. The highest BCUT2D eigenvalue weighted by molar-refractivity contribution is 6.17. The van der Waals surface area contributed by atoms with E-state index in [-0.39, 0.29) is 6.61 Å². The van der Waals surface area contributed by atoms with Crippen LogP contribution in [0.15, 0.2) is 0 Å². The van der Waals surface area contributed by atoms with Gasteiger partial charge in [-0.25, -0.2) is 4.79 Å². The number of hydrogen-bond donors (Lipinski definition) is 2. The first kappa shape index (κ1) is 35.9. The van der Waals surface area contributed by atoms with Crippen molar-refractivity contribution in [3.8, 4) is 0 Å². The molecular formula is C24H46ClNO11. The number of rotatable bonds is 31. The molecule has 0 heterocycles. The first-order valence-corrected chi connectivity index (χ1v) is 13.4. The zero-order valence-electron chi connectivity index (χ0n) is 22.0. The number of alkyl halides is 1. The quantitative estimate of drug-likeness (QED) is 0.0932. The summed E-state index contributed by atoms with van der Waals surface area (Å²) >= 11 is 5.63. The number of carbonyl (C=O) groups is 2. The Labute approximate surface area is 225 Å². The van der Waals surface area contributed by atoms with Gasteiger partial charge in [0.2, 0.25) is 5.91 Å². The highest BCUT2D eigenvalue weighted by Crippen LogP contribution is 2.01. The van der Waals surface area contributed by atoms with Crippen LogP contribution in [0, 0.1) is 0 Å². The van der Waals surface area contributed by atoms with Gasteiger partial charge in [-0.05, 0) is 12.8 Å². The molecule has 0 atom stereocenters. The molecule has 0 radical (unpaired) electrons. The van der Waals surface area contributed by atoms with E-state index in [1.165, 1.54) is 0 Å². The van der Waals surface area contributed by atoms with E-state index in [1.54, 1.807) is 0 Å². The Hall–Kier alpha value is -1.09. The maximum absolute atomic E-state index is 11.3. The lowest BCUT2D eigenvalue weighted by Gasteiger charge is -2.09. The Kier molecular flexibility index (Phi) is 30.2. The highest BCUT2D eigenvalue weighted by Gasteiger charge is 2.03. The van der Waals surface area contributed by atoms with Gasteiger partial charge in [0.05, 0.1) is 85.9 Å². The summed E-state index contributed by atoms with van der Waals surface area (Å²) in [4.78, 5) is 21.6. The average Bonchev–Trinajstić information content (AvgIpc) is 2.88. The van der Waals surface area contributed by atoms with Gasteiger partial charge in [0.25, 0.3) is 0 Å². The van der Waals surface area contributed by atoms with E-state index in [9.17, 15) is 9.59 Å². The molecule has 0 unspecified atom stereocenters. The molecule has 0 rings (SSSR count). The molecule has 1 amide bonds. The molecule has 0 spiro atoms. The third-order valence-corrected chi connectivity index (χ3v) is 4.70. The molecule has 0 aliphatic carbocycles. The standard InChI is InChI=1S/C24H46ClNO11/c25-5-3-1-2-4-7-30-9-11-32-13-15-34-17-19-36-20-18-35-16-14-33-12-10-31-8-6-26-23(27)21-37-22-24(28)29/h1-22H2,(H,26,27)(H,28,29). The van der Waals surface area contributed by atoms with Crippen LogP contribution in [-0.2, 0) is 47.5 Å². The summed E-state index contributed by atoms with van der Waals surface area (Å²) in [5.41, 5.74) is 0. The van der Waals surface area contributed by atoms with Gasteiger partial charge in [-0.2, -0.15) is 0 Å². The lowest BCUT2D eigenvalue weighted by Crippen LogP contribution is -2.31. The normalized spacial score (nSPS) is 11.2. The first-order valence-electron chi connectivity index (χ1n) is 12.8. The predicted molar refractivity (Wildman–Crippen MR) is 136 cm³/mol. The first-order chi connectivity index (χ1) is 18.2. The molecule has 220 valence electrons. The van der Waals surface area contributed by atoms with Crippen molar-refractivity contribution in [2.75, 3.05) is 118 Å². The van der Waals surface area contributed by atoms with Gasteiger partial charge in [0.15, 0.2) is 0 Å². The molecule has 37 heavy (non-hydrogen) atoms. The van der Waals surface area contributed by atoms with Gasteiger partial charge in [-0.15, -0.1) is 11.6 Å². The van der Waals surface area contributed by atoms with E-state index in [4.69, 9.17) is 49.9 Å². The highest BCUT2D eigenvalue weighted by atomic mass is 35.5. The molecule has 0 bridgehead atoms. The van der Waals surface area contributed by atoms with Crippen molar-refractivity contribution in [3.05, 3.63) is 0 Å². The van der Waals surface area contributed by atoms with Crippen LogP contribution in [0.1, 0.15) is 25.7 Å². The van der Waals surface area contributed by atoms with Crippen LogP contribution >= 0.6 is 11.6 Å². The summed E-state index contributed by atoms with van der Waals surface area (Å²) in [6, 6.07) is 0. The molecular weight excluding hydrogens is 514 g/mol. The van der Waals surface area contributed by atoms with Gasteiger partial charge >= 0.3 is 5.97 Å². The van der Waals surface area contributed by atoms with Crippen molar-refractivity contribution in [3.63, 3.8) is 0 Å². The number of halogens is 1. The molecule has 0 aliphatic heterocycles. The molecule has 0 saturated heterocycles. The number of carbonyl (C=O) groups excluding carboxylic acids is 1. The topological polar surface area (TPSA) is 140 Å². The van der Waals surface area contributed by atoms with Crippen molar-refractivity contribution in [2.24, 2.45) is 0 Å². The van der Waals surface area contributed by atoms with E-state index in [1.807, 2.05) is 0 Å². The second-order valence-electron chi connectivity index (χ2n) is 7.63. The molecule has 0 aromatic rings. The van der Waals surface area contributed by atoms with Crippen molar-refractivity contribution in [1.29, 1.82) is 0 Å². The van der Waals surface area contributed by atoms with Crippen molar-refractivity contribution in [2.45, 2.75) is 25.7 Å². The Morgan fingerprint density at radius 2 is 0.919 bits per heavy atom. The van der Waals surface area contributed by atoms with Crippen molar-refractivity contribution < 1.29 is 52.6 Å². The van der Waals surface area contributed by atoms with Crippen molar-refractivity contribution in [1.82, 2.24) is 5.32 Å².